The third-order valence-corrected chi connectivity index (χ3v) is 3.70. The van der Waals surface area contributed by atoms with Gasteiger partial charge < -0.3 is 16.4 Å². The highest BCUT2D eigenvalue weighted by Crippen LogP contribution is 2.16. The zero-order valence-corrected chi connectivity index (χ0v) is 14.4. The Morgan fingerprint density at radius 2 is 1.72 bits per heavy atom. The van der Waals surface area contributed by atoms with E-state index < -0.39 is 11.9 Å². The number of rotatable bonds is 4. The summed E-state index contributed by atoms with van der Waals surface area (Å²) in [5.74, 6) is -0.392. The third-order valence-electron chi connectivity index (χ3n) is 3.21. The standard InChI is InChI=1S/C16H13BrN6O2/c17-10-2-1-3-13(8-10)23-9-14(21-22-23)15(24)19-11-4-6-12(7-5-11)20-16(18)25/h1-9H,(H,19,24)(H3,18,20,25). The molecule has 0 aliphatic carbocycles. The van der Waals surface area contributed by atoms with Crippen molar-refractivity contribution in [2.45, 2.75) is 0 Å². The molecule has 3 rings (SSSR count). The number of nitrogens with two attached hydrogens (primary N) is 1. The first-order valence-electron chi connectivity index (χ1n) is 7.17. The maximum Gasteiger partial charge on any atom is 0.316 e. The van der Waals surface area contributed by atoms with Gasteiger partial charge in [-0.1, -0.05) is 27.2 Å². The van der Waals surface area contributed by atoms with E-state index in [0.29, 0.717) is 11.4 Å². The fourth-order valence-electron chi connectivity index (χ4n) is 2.09. The average molecular weight is 401 g/mol. The number of carbonyl (C=O) groups excluding carboxylic acids is 2. The van der Waals surface area contributed by atoms with E-state index in [1.54, 1.807) is 30.5 Å². The number of benzene rings is 2. The van der Waals surface area contributed by atoms with Gasteiger partial charge in [0.1, 0.15) is 0 Å². The Morgan fingerprint density at radius 3 is 2.36 bits per heavy atom. The smallest absolute Gasteiger partial charge is 0.316 e. The van der Waals surface area contributed by atoms with E-state index in [-0.39, 0.29) is 5.69 Å². The predicted molar refractivity (Wildman–Crippen MR) is 96.7 cm³/mol. The summed E-state index contributed by atoms with van der Waals surface area (Å²) in [6.07, 6.45) is 1.54. The van der Waals surface area contributed by atoms with Crippen molar-refractivity contribution in [2.75, 3.05) is 10.6 Å². The molecule has 2 aromatic carbocycles. The lowest BCUT2D eigenvalue weighted by Gasteiger charge is -2.05. The first kappa shape index (κ1) is 16.7. The molecular weight excluding hydrogens is 388 g/mol. The van der Waals surface area contributed by atoms with Crippen LogP contribution in [0.4, 0.5) is 16.2 Å². The molecule has 0 spiro atoms. The summed E-state index contributed by atoms with van der Waals surface area (Å²) in [5.41, 5.74) is 7.09. The molecule has 0 saturated heterocycles. The van der Waals surface area contributed by atoms with Crippen LogP contribution in [0.25, 0.3) is 5.69 Å². The summed E-state index contributed by atoms with van der Waals surface area (Å²) in [5, 5.41) is 13.0. The predicted octanol–water partition coefficient (Wildman–Crippen LogP) is 2.77. The van der Waals surface area contributed by atoms with Crippen LogP contribution in [0, 0.1) is 0 Å². The summed E-state index contributed by atoms with van der Waals surface area (Å²) >= 11 is 3.39. The summed E-state index contributed by atoms with van der Waals surface area (Å²) in [6.45, 7) is 0. The van der Waals surface area contributed by atoms with Crippen molar-refractivity contribution in [3.05, 3.63) is 64.9 Å². The van der Waals surface area contributed by atoms with Gasteiger partial charge in [0.2, 0.25) is 0 Å². The second kappa shape index (κ2) is 7.14. The van der Waals surface area contributed by atoms with Gasteiger partial charge in [0.25, 0.3) is 5.91 Å². The quantitative estimate of drug-likeness (QED) is 0.624. The number of urea groups is 1. The second-order valence-corrected chi connectivity index (χ2v) is 5.96. The molecule has 0 aliphatic rings. The third kappa shape index (κ3) is 4.21. The highest BCUT2D eigenvalue weighted by molar-refractivity contribution is 9.10. The van der Waals surface area contributed by atoms with Gasteiger partial charge in [-0.3, -0.25) is 4.79 Å². The molecule has 0 unspecified atom stereocenters. The number of hydrogen-bond acceptors (Lipinski definition) is 4. The molecule has 25 heavy (non-hydrogen) atoms. The molecule has 0 aliphatic heterocycles. The molecule has 3 aromatic rings. The number of aromatic nitrogens is 3. The van der Waals surface area contributed by atoms with Gasteiger partial charge >= 0.3 is 6.03 Å². The normalized spacial score (nSPS) is 10.3. The number of halogens is 1. The maximum atomic E-state index is 12.3. The van der Waals surface area contributed by atoms with E-state index in [9.17, 15) is 9.59 Å². The molecule has 0 saturated carbocycles. The monoisotopic (exact) mass is 400 g/mol. The highest BCUT2D eigenvalue weighted by Gasteiger charge is 2.12. The maximum absolute atomic E-state index is 12.3. The van der Waals surface area contributed by atoms with Gasteiger partial charge in [0, 0.05) is 15.8 Å². The lowest BCUT2D eigenvalue weighted by molar-refractivity contribution is 0.102. The number of hydrogen-bond donors (Lipinski definition) is 3. The van der Waals surface area contributed by atoms with Crippen LogP contribution >= 0.6 is 15.9 Å². The molecule has 0 atom stereocenters. The number of carbonyl (C=O) groups is 2. The minimum Gasteiger partial charge on any atom is -0.351 e. The summed E-state index contributed by atoms with van der Waals surface area (Å²) in [4.78, 5) is 23.0. The number of amides is 3. The van der Waals surface area contributed by atoms with Crippen LogP contribution in [0.1, 0.15) is 10.5 Å². The first-order chi connectivity index (χ1) is 12.0. The molecule has 126 valence electrons. The molecule has 3 amide bonds. The fraction of sp³-hybridized carbons (Fsp3) is 0. The van der Waals surface area contributed by atoms with Gasteiger partial charge in [-0.15, -0.1) is 5.10 Å². The minimum absolute atomic E-state index is 0.180. The molecule has 0 radical (unpaired) electrons. The SMILES string of the molecule is NC(=O)Nc1ccc(NC(=O)c2cn(-c3cccc(Br)c3)nn2)cc1. The number of primary amides is 1. The number of anilines is 2. The molecule has 8 nitrogen and oxygen atoms in total. The number of nitrogens with zero attached hydrogens (tertiary/aromatic N) is 3. The van der Waals surface area contributed by atoms with Crippen LogP contribution in [0.5, 0.6) is 0 Å². The van der Waals surface area contributed by atoms with Crippen LogP contribution in [-0.2, 0) is 0 Å². The molecule has 9 heteroatoms. The van der Waals surface area contributed by atoms with Crippen LogP contribution in [0.2, 0.25) is 0 Å². The molecule has 4 N–H and O–H groups in total. The average Bonchev–Trinajstić information content (AvgIpc) is 3.06. The Bertz CT molecular complexity index is 922. The van der Waals surface area contributed by atoms with E-state index in [4.69, 9.17) is 5.73 Å². The van der Waals surface area contributed by atoms with Gasteiger partial charge in [0.15, 0.2) is 5.69 Å². The van der Waals surface area contributed by atoms with Crippen molar-refractivity contribution >= 4 is 39.2 Å². The Hall–Kier alpha value is -3.20. The highest BCUT2D eigenvalue weighted by atomic mass is 79.9. The lowest BCUT2D eigenvalue weighted by Crippen LogP contribution is -2.19. The van der Waals surface area contributed by atoms with E-state index in [2.05, 4.69) is 36.9 Å². The summed E-state index contributed by atoms with van der Waals surface area (Å²) in [6, 6.07) is 13.3. The topological polar surface area (TPSA) is 115 Å². The zero-order valence-electron chi connectivity index (χ0n) is 12.8. The van der Waals surface area contributed by atoms with E-state index in [0.717, 1.165) is 10.2 Å². The van der Waals surface area contributed by atoms with Crippen molar-refractivity contribution in [1.82, 2.24) is 15.0 Å². The Balaban J connectivity index is 1.70. The molecule has 1 aromatic heterocycles. The van der Waals surface area contributed by atoms with E-state index in [1.165, 1.54) is 4.68 Å². The number of nitrogens with one attached hydrogen (secondary N) is 2. The first-order valence-corrected chi connectivity index (χ1v) is 7.97. The van der Waals surface area contributed by atoms with Gasteiger partial charge in [0.05, 0.1) is 11.9 Å². The van der Waals surface area contributed by atoms with Gasteiger partial charge in [-0.05, 0) is 42.5 Å². The molecule has 0 bridgehead atoms. The van der Waals surface area contributed by atoms with Crippen molar-refractivity contribution in [3.63, 3.8) is 0 Å². The van der Waals surface area contributed by atoms with Crippen molar-refractivity contribution < 1.29 is 9.59 Å². The van der Waals surface area contributed by atoms with Crippen molar-refractivity contribution in [2.24, 2.45) is 5.73 Å². The van der Waals surface area contributed by atoms with Crippen LogP contribution in [-0.4, -0.2) is 26.9 Å². The van der Waals surface area contributed by atoms with Crippen molar-refractivity contribution in [3.8, 4) is 5.69 Å². The Morgan fingerprint density at radius 1 is 1.04 bits per heavy atom. The van der Waals surface area contributed by atoms with E-state index in [1.807, 2.05) is 24.3 Å². The largest absolute Gasteiger partial charge is 0.351 e. The van der Waals surface area contributed by atoms with Gasteiger partial charge in [-0.2, -0.15) is 0 Å². The van der Waals surface area contributed by atoms with Crippen LogP contribution in [0.3, 0.4) is 0 Å². The fourth-order valence-corrected chi connectivity index (χ4v) is 2.47. The lowest BCUT2D eigenvalue weighted by atomic mass is 10.2. The van der Waals surface area contributed by atoms with Crippen molar-refractivity contribution in [1.29, 1.82) is 0 Å². The van der Waals surface area contributed by atoms with Crippen LogP contribution < -0.4 is 16.4 Å². The summed E-state index contributed by atoms with van der Waals surface area (Å²) < 4.78 is 2.41. The second-order valence-electron chi connectivity index (χ2n) is 5.05. The van der Waals surface area contributed by atoms with Gasteiger partial charge in [-0.25, -0.2) is 9.48 Å². The molecule has 1 heterocycles. The van der Waals surface area contributed by atoms with E-state index >= 15 is 0 Å². The molecule has 0 fully saturated rings. The molecular formula is C16H13BrN6O2. The minimum atomic E-state index is -0.652. The Labute approximate surface area is 151 Å². The summed E-state index contributed by atoms with van der Waals surface area (Å²) in [7, 11) is 0. The zero-order chi connectivity index (χ0) is 17.8. The van der Waals surface area contributed by atoms with Crippen LogP contribution in [0.15, 0.2) is 59.2 Å². The Kier molecular flexibility index (Phi) is 4.75.